The van der Waals surface area contributed by atoms with Crippen LogP contribution in [0, 0.1) is 18.6 Å². The maximum absolute atomic E-state index is 15.2. The summed E-state index contributed by atoms with van der Waals surface area (Å²) in [6.45, 7) is 1.84. The van der Waals surface area contributed by atoms with Crippen LogP contribution in [0.5, 0.6) is 0 Å². The highest BCUT2D eigenvalue weighted by Gasteiger charge is 2.35. The average molecular weight is 586 g/mol. The Morgan fingerprint density at radius 2 is 1.78 bits per heavy atom. The highest BCUT2D eigenvalue weighted by molar-refractivity contribution is 7.90. The minimum absolute atomic E-state index is 0.0666. The smallest absolute Gasteiger partial charge is 0.272 e. The minimum atomic E-state index is -3.86. The van der Waals surface area contributed by atoms with Gasteiger partial charge in [0.25, 0.3) is 5.91 Å². The summed E-state index contributed by atoms with van der Waals surface area (Å²) in [5.41, 5.74) is 2.07. The van der Waals surface area contributed by atoms with E-state index in [0.29, 0.717) is 22.9 Å². The number of benzene rings is 1. The van der Waals surface area contributed by atoms with Crippen molar-refractivity contribution in [2.45, 2.75) is 30.6 Å². The molecular weight excluding hydrogens is 556 g/mol. The largest absolute Gasteiger partial charge is 0.343 e. The molecule has 1 aliphatic carbocycles. The molecule has 0 aliphatic heterocycles. The van der Waals surface area contributed by atoms with Crippen LogP contribution >= 0.6 is 0 Å². The molecule has 12 nitrogen and oxygen atoms in total. The van der Waals surface area contributed by atoms with Gasteiger partial charge in [0.2, 0.25) is 5.95 Å². The molecule has 216 valence electrons. The molecule has 1 aliphatic rings. The Morgan fingerprint density at radius 3 is 2.32 bits per heavy atom. The first-order chi connectivity index (χ1) is 19.3. The number of amides is 1. The Bertz CT molecular complexity index is 1760. The van der Waals surface area contributed by atoms with Gasteiger partial charge in [-0.25, -0.2) is 22.2 Å². The van der Waals surface area contributed by atoms with E-state index < -0.39 is 32.1 Å². The van der Waals surface area contributed by atoms with E-state index >= 15 is 8.78 Å². The Hall–Kier alpha value is -4.40. The number of hydrogen-bond acceptors (Lipinski definition) is 9. The molecule has 0 unspecified atom stereocenters. The first kappa shape index (κ1) is 28.1. The quantitative estimate of drug-likeness (QED) is 0.317. The average Bonchev–Trinajstić information content (AvgIpc) is 3.53. The molecule has 0 atom stereocenters. The predicted molar refractivity (Wildman–Crippen MR) is 148 cm³/mol. The highest BCUT2D eigenvalue weighted by atomic mass is 32.2. The number of aryl methyl sites for hydroxylation is 2. The summed E-state index contributed by atoms with van der Waals surface area (Å²) in [4.78, 5) is 24.6. The number of sulfone groups is 1. The number of carbonyl (C=O) groups is 1. The van der Waals surface area contributed by atoms with Crippen LogP contribution in [-0.2, 0) is 16.9 Å². The third-order valence-corrected chi connectivity index (χ3v) is 7.82. The molecule has 0 spiro atoms. The molecule has 3 heterocycles. The summed E-state index contributed by atoms with van der Waals surface area (Å²) in [5, 5.41) is 14.6. The second kappa shape index (κ2) is 10.2. The maximum atomic E-state index is 15.2. The van der Waals surface area contributed by atoms with Crippen LogP contribution in [0.25, 0.3) is 11.3 Å². The monoisotopic (exact) mass is 585 g/mol. The molecule has 0 bridgehead atoms. The van der Waals surface area contributed by atoms with Crippen molar-refractivity contribution in [1.29, 1.82) is 0 Å². The van der Waals surface area contributed by atoms with Crippen LogP contribution < -0.4 is 10.2 Å². The lowest BCUT2D eigenvalue weighted by molar-refractivity contribution is 0.0817. The molecule has 1 fully saturated rings. The van der Waals surface area contributed by atoms with Crippen LogP contribution in [0.3, 0.4) is 0 Å². The van der Waals surface area contributed by atoms with Gasteiger partial charge < -0.3 is 15.1 Å². The van der Waals surface area contributed by atoms with Crippen molar-refractivity contribution >= 4 is 39.0 Å². The predicted octanol–water partition coefficient (Wildman–Crippen LogP) is 3.68. The van der Waals surface area contributed by atoms with E-state index in [1.165, 1.54) is 22.8 Å². The number of nitrogens with one attached hydrogen (secondary N) is 2. The van der Waals surface area contributed by atoms with Gasteiger partial charge in [-0.1, -0.05) is 0 Å². The fraction of sp³-hybridized carbons (Fsp3) is 0.346. The van der Waals surface area contributed by atoms with E-state index in [9.17, 15) is 13.2 Å². The zero-order valence-corrected chi connectivity index (χ0v) is 24.1. The number of aromatic amines is 1. The summed E-state index contributed by atoms with van der Waals surface area (Å²) in [6.07, 6.45) is 4.10. The zero-order valence-electron chi connectivity index (χ0n) is 23.3. The Labute approximate surface area is 235 Å². The summed E-state index contributed by atoms with van der Waals surface area (Å²) in [5.74, 6) is -1.73. The topological polar surface area (TPSA) is 142 Å². The first-order valence-electron chi connectivity index (χ1n) is 12.6. The van der Waals surface area contributed by atoms with E-state index in [2.05, 4.69) is 25.6 Å². The fourth-order valence-electron chi connectivity index (χ4n) is 4.52. The van der Waals surface area contributed by atoms with Gasteiger partial charge in [-0.05, 0) is 37.8 Å². The van der Waals surface area contributed by atoms with Crippen LogP contribution in [0.4, 0.5) is 32.1 Å². The molecule has 5 rings (SSSR count). The minimum Gasteiger partial charge on any atom is -0.343 e. The van der Waals surface area contributed by atoms with Crippen molar-refractivity contribution in [3.8, 4) is 11.3 Å². The number of nitrogens with zero attached hydrogens (tertiary/aromatic N) is 7. The van der Waals surface area contributed by atoms with Crippen LogP contribution in [0.2, 0.25) is 0 Å². The number of hydrogen-bond donors (Lipinski definition) is 2. The molecule has 0 radical (unpaired) electrons. The van der Waals surface area contributed by atoms with Crippen molar-refractivity contribution in [2.75, 3.05) is 37.6 Å². The van der Waals surface area contributed by atoms with Gasteiger partial charge in [0.1, 0.15) is 17.2 Å². The number of aromatic nitrogens is 6. The van der Waals surface area contributed by atoms with Gasteiger partial charge in [0.15, 0.2) is 27.3 Å². The van der Waals surface area contributed by atoms with Gasteiger partial charge in [0, 0.05) is 51.8 Å². The molecule has 4 aromatic rings. The molecule has 1 aromatic carbocycles. The number of carbonyl (C=O) groups excluding carboxylic acids is 1. The third kappa shape index (κ3) is 5.36. The summed E-state index contributed by atoms with van der Waals surface area (Å²) >= 11 is 0. The van der Waals surface area contributed by atoms with Gasteiger partial charge >= 0.3 is 0 Å². The van der Waals surface area contributed by atoms with E-state index in [1.807, 2.05) is 6.92 Å². The van der Waals surface area contributed by atoms with Crippen molar-refractivity contribution in [3.05, 3.63) is 53.0 Å². The lowest BCUT2D eigenvalue weighted by Gasteiger charge is -2.23. The molecule has 0 saturated heterocycles. The third-order valence-electron chi connectivity index (χ3n) is 6.73. The van der Waals surface area contributed by atoms with Crippen LogP contribution in [0.15, 0.2) is 29.3 Å². The fourth-order valence-corrected chi connectivity index (χ4v) is 5.16. The van der Waals surface area contributed by atoms with Crippen molar-refractivity contribution in [1.82, 2.24) is 34.8 Å². The molecule has 41 heavy (non-hydrogen) atoms. The van der Waals surface area contributed by atoms with E-state index in [0.717, 1.165) is 47.4 Å². The van der Waals surface area contributed by atoms with E-state index in [4.69, 9.17) is 4.98 Å². The molecule has 1 amide bonds. The standard InChI is InChI=1S/C26H29F2N9O3S/c1-13-9-19(34-33-13)30-24-20(14-7-8-14)21(16-12-29-37(5)22(16)25(38)35(2)3)31-26(32-24)36(4)23-17(27)10-15(11-18(23)28)41(6,39)40/h9-12,14H,7-8H2,1-6H3,(H2,30,31,32,33,34). The lowest BCUT2D eigenvalue weighted by atomic mass is 10.0. The SMILES string of the molecule is Cc1cc(Nc2nc(N(C)c3c(F)cc(S(C)(=O)=O)cc3F)nc(-c3cnn(C)c3C(=O)N(C)C)c2C2CC2)n[nH]1. The second-order valence-corrected chi connectivity index (χ2v) is 12.3. The molecule has 3 aromatic heterocycles. The van der Waals surface area contributed by atoms with Gasteiger partial charge in [-0.2, -0.15) is 15.2 Å². The van der Waals surface area contributed by atoms with E-state index in [-0.39, 0.29) is 23.5 Å². The Kier molecular flexibility index (Phi) is 7.01. The van der Waals surface area contributed by atoms with Gasteiger partial charge in [0.05, 0.1) is 22.3 Å². The van der Waals surface area contributed by atoms with Crippen LogP contribution in [-0.4, -0.2) is 76.6 Å². The summed E-state index contributed by atoms with van der Waals surface area (Å²) in [7, 11) is 2.40. The van der Waals surface area contributed by atoms with Gasteiger partial charge in [-0.15, -0.1) is 0 Å². The lowest BCUT2D eigenvalue weighted by Crippen LogP contribution is -2.25. The van der Waals surface area contributed by atoms with E-state index in [1.54, 1.807) is 27.2 Å². The summed E-state index contributed by atoms with van der Waals surface area (Å²) < 4.78 is 55.8. The zero-order chi connectivity index (χ0) is 29.8. The van der Waals surface area contributed by atoms with Crippen LogP contribution in [0.1, 0.15) is 40.5 Å². The van der Waals surface area contributed by atoms with Crippen molar-refractivity contribution < 1.29 is 22.0 Å². The number of rotatable bonds is 8. The Balaban J connectivity index is 1.74. The maximum Gasteiger partial charge on any atom is 0.272 e. The molecule has 1 saturated carbocycles. The highest BCUT2D eigenvalue weighted by Crippen LogP contribution is 2.48. The second-order valence-electron chi connectivity index (χ2n) is 10.3. The normalized spacial score (nSPS) is 13.4. The number of anilines is 4. The van der Waals surface area contributed by atoms with Crippen molar-refractivity contribution in [2.24, 2.45) is 7.05 Å². The first-order valence-corrected chi connectivity index (χ1v) is 14.5. The number of halogens is 2. The van der Waals surface area contributed by atoms with Gasteiger partial charge in [-0.3, -0.25) is 14.6 Å². The summed E-state index contributed by atoms with van der Waals surface area (Å²) in [6, 6.07) is 3.28. The number of H-pyrrole nitrogens is 1. The van der Waals surface area contributed by atoms with Crippen molar-refractivity contribution in [3.63, 3.8) is 0 Å². The molecular formula is C26H29F2N9O3S. The molecule has 15 heteroatoms. The molecule has 2 N–H and O–H groups in total. The Morgan fingerprint density at radius 1 is 1.12 bits per heavy atom.